The van der Waals surface area contributed by atoms with Crippen LogP contribution < -0.4 is 0 Å². The number of Topliss-reactive ketones (excluding diaryl/α,β-unsaturated/α-hetero) is 1. The molecule has 0 amide bonds. The Bertz CT molecular complexity index is 367. The number of carbonyl (C=O) groups excluding carboxylic acids is 2. The summed E-state index contributed by atoms with van der Waals surface area (Å²) < 4.78 is 9.61. The van der Waals surface area contributed by atoms with Gasteiger partial charge in [-0.1, -0.05) is 0 Å². The van der Waals surface area contributed by atoms with Crippen molar-refractivity contribution in [1.29, 1.82) is 0 Å². The molecule has 0 unspecified atom stereocenters. The summed E-state index contributed by atoms with van der Waals surface area (Å²) in [7, 11) is 1.25. The molecular weight excluding hydrogens is 186 g/mol. The number of aryl methyl sites for hydroxylation is 1. The van der Waals surface area contributed by atoms with Crippen LogP contribution in [-0.2, 0) is 16.0 Å². The van der Waals surface area contributed by atoms with Crippen molar-refractivity contribution in [2.45, 2.75) is 20.3 Å². The molecule has 1 rings (SSSR count). The highest BCUT2D eigenvalue weighted by molar-refractivity contribution is 5.90. The second-order valence-corrected chi connectivity index (χ2v) is 2.88. The highest BCUT2D eigenvalue weighted by atomic mass is 16.5. The number of carbonyl (C=O) groups is 2. The highest BCUT2D eigenvalue weighted by Gasteiger charge is 2.19. The van der Waals surface area contributed by atoms with Gasteiger partial charge in [0, 0.05) is 6.92 Å². The lowest BCUT2D eigenvalue weighted by molar-refractivity contribution is -0.116. The minimum Gasteiger partial charge on any atom is -0.464 e. The minimum absolute atomic E-state index is 0.0608. The molecule has 5 nitrogen and oxygen atoms in total. The molecule has 1 aromatic heterocycles. The molecule has 0 aromatic carbocycles. The number of rotatable bonds is 3. The topological polar surface area (TPSA) is 69.4 Å². The molecule has 0 saturated carbocycles. The number of oxazole rings is 1. The fourth-order valence-electron chi connectivity index (χ4n) is 1.07. The third kappa shape index (κ3) is 2.18. The van der Waals surface area contributed by atoms with E-state index >= 15 is 0 Å². The molecule has 0 aliphatic rings. The van der Waals surface area contributed by atoms with E-state index in [1.54, 1.807) is 6.92 Å². The van der Waals surface area contributed by atoms with Crippen LogP contribution in [0.5, 0.6) is 0 Å². The average Bonchev–Trinajstić information content (AvgIpc) is 2.44. The van der Waals surface area contributed by atoms with E-state index in [0.29, 0.717) is 5.89 Å². The first kappa shape index (κ1) is 10.4. The molecule has 0 saturated heterocycles. The maximum absolute atomic E-state index is 11.2. The summed E-state index contributed by atoms with van der Waals surface area (Å²) in [5.41, 5.74) is 0.0835. The Morgan fingerprint density at radius 1 is 1.50 bits per heavy atom. The highest BCUT2D eigenvalue weighted by Crippen LogP contribution is 2.12. The Hall–Kier alpha value is -1.65. The van der Waals surface area contributed by atoms with Gasteiger partial charge in [-0.25, -0.2) is 9.78 Å². The summed E-state index contributed by atoms with van der Waals surface area (Å²) >= 11 is 0. The molecule has 0 radical (unpaired) electrons. The number of ketones is 1. The van der Waals surface area contributed by atoms with Crippen LogP contribution in [0.4, 0.5) is 0 Å². The Morgan fingerprint density at radius 2 is 2.14 bits per heavy atom. The van der Waals surface area contributed by atoms with Gasteiger partial charge >= 0.3 is 5.97 Å². The van der Waals surface area contributed by atoms with Gasteiger partial charge in [-0.05, 0) is 6.92 Å². The van der Waals surface area contributed by atoms with E-state index in [0.717, 1.165) is 0 Å². The number of esters is 1. The Kier molecular flexibility index (Phi) is 3.01. The smallest absolute Gasteiger partial charge is 0.360 e. The number of ether oxygens (including phenoxy) is 1. The molecule has 0 fully saturated rings. The molecule has 0 aliphatic heterocycles. The summed E-state index contributed by atoms with van der Waals surface area (Å²) in [5, 5.41) is 0. The van der Waals surface area contributed by atoms with Crippen LogP contribution in [0.25, 0.3) is 0 Å². The predicted octanol–water partition coefficient (Wildman–Crippen LogP) is 0.901. The lowest BCUT2D eigenvalue weighted by Gasteiger charge is -1.95. The lowest BCUT2D eigenvalue weighted by Crippen LogP contribution is -2.07. The van der Waals surface area contributed by atoms with E-state index < -0.39 is 5.97 Å². The van der Waals surface area contributed by atoms with Crippen molar-refractivity contribution in [2.24, 2.45) is 0 Å². The number of nitrogens with zero attached hydrogens (tertiary/aromatic N) is 1. The quantitative estimate of drug-likeness (QED) is 0.673. The van der Waals surface area contributed by atoms with Gasteiger partial charge in [0.2, 0.25) is 0 Å². The van der Waals surface area contributed by atoms with Crippen molar-refractivity contribution in [3.05, 3.63) is 17.3 Å². The number of hydrogen-bond acceptors (Lipinski definition) is 5. The van der Waals surface area contributed by atoms with Crippen LogP contribution in [0, 0.1) is 6.92 Å². The fourth-order valence-corrected chi connectivity index (χ4v) is 1.07. The monoisotopic (exact) mass is 197 g/mol. The molecule has 0 atom stereocenters. The standard InChI is InChI=1S/C9H11NO4/c1-5(11)4-7-8(9(12)13-3)10-6(2)14-7/h4H2,1-3H3. The molecule has 14 heavy (non-hydrogen) atoms. The molecule has 0 bridgehead atoms. The predicted molar refractivity (Wildman–Crippen MR) is 47.0 cm³/mol. The number of aromatic nitrogens is 1. The zero-order chi connectivity index (χ0) is 10.7. The Balaban J connectivity index is 3.02. The largest absolute Gasteiger partial charge is 0.464 e. The fraction of sp³-hybridized carbons (Fsp3) is 0.444. The van der Waals surface area contributed by atoms with E-state index in [4.69, 9.17) is 4.42 Å². The first-order valence-electron chi connectivity index (χ1n) is 4.08. The summed E-state index contributed by atoms with van der Waals surface area (Å²) in [6, 6.07) is 0. The zero-order valence-electron chi connectivity index (χ0n) is 8.29. The van der Waals surface area contributed by atoms with Gasteiger partial charge in [0.05, 0.1) is 13.5 Å². The van der Waals surface area contributed by atoms with Crippen LogP contribution >= 0.6 is 0 Å². The molecule has 5 heteroatoms. The maximum atomic E-state index is 11.2. The van der Waals surface area contributed by atoms with Crippen molar-refractivity contribution < 1.29 is 18.7 Å². The molecule has 76 valence electrons. The molecule has 1 heterocycles. The van der Waals surface area contributed by atoms with E-state index in [-0.39, 0.29) is 23.7 Å². The second kappa shape index (κ2) is 4.04. The van der Waals surface area contributed by atoms with Crippen LogP contribution in [0.1, 0.15) is 29.1 Å². The van der Waals surface area contributed by atoms with E-state index in [2.05, 4.69) is 9.72 Å². The Labute approximate surface area is 81.1 Å². The van der Waals surface area contributed by atoms with Gasteiger partial charge < -0.3 is 9.15 Å². The average molecular weight is 197 g/mol. The number of methoxy groups -OCH3 is 1. The molecule has 0 spiro atoms. The summed E-state index contributed by atoms with van der Waals surface area (Å²) in [6.07, 6.45) is 0.0608. The molecule has 0 N–H and O–H groups in total. The third-order valence-corrected chi connectivity index (χ3v) is 1.59. The molecule has 1 aromatic rings. The minimum atomic E-state index is -0.585. The van der Waals surface area contributed by atoms with Gasteiger partial charge in [0.25, 0.3) is 0 Å². The van der Waals surface area contributed by atoms with E-state index in [9.17, 15) is 9.59 Å². The maximum Gasteiger partial charge on any atom is 0.360 e. The van der Waals surface area contributed by atoms with Crippen molar-refractivity contribution in [2.75, 3.05) is 7.11 Å². The van der Waals surface area contributed by atoms with Gasteiger partial charge in [0.1, 0.15) is 11.5 Å². The summed E-state index contributed by atoms with van der Waals surface area (Å²) in [4.78, 5) is 25.9. The van der Waals surface area contributed by atoms with Crippen molar-refractivity contribution in [3.63, 3.8) is 0 Å². The van der Waals surface area contributed by atoms with Gasteiger partial charge in [0.15, 0.2) is 11.6 Å². The lowest BCUT2D eigenvalue weighted by atomic mass is 10.2. The van der Waals surface area contributed by atoms with Gasteiger partial charge in [-0.15, -0.1) is 0 Å². The van der Waals surface area contributed by atoms with Crippen LogP contribution in [0.15, 0.2) is 4.42 Å². The first-order valence-corrected chi connectivity index (χ1v) is 4.08. The number of hydrogen-bond donors (Lipinski definition) is 0. The third-order valence-electron chi connectivity index (χ3n) is 1.59. The Morgan fingerprint density at radius 3 is 2.64 bits per heavy atom. The van der Waals surface area contributed by atoms with E-state index in [1.807, 2.05) is 0 Å². The van der Waals surface area contributed by atoms with Gasteiger partial charge in [-0.3, -0.25) is 4.79 Å². The van der Waals surface area contributed by atoms with E-state index in [1.165, 1.54) is 14.0 Å². The molecular formula is C9H11NO4. The van der Waals surface area contributed by atoms with Crippen molar-refractivity contribution in [1.82, 2.24) is 4.98 Å². The van der Waals surface area contributed by atoms with Crippen molar-refractivity contribution >= 4 is 11.8 Å². The van der Waals surface area contributed by atoms with Gasteiger partial charge in [-0.2, -0.15) is 0 Å². The van der Waals surface area contributed by atoms with Crippen molar-refractivity contribution in [3.8, 4) is 0 Å². The second-order valence-electron chi connectivity index (χ2n) is 2.88. The first-order chi connectivity index (χ1) is 6.54. The zero-order valence-corrected chi connectivity index (χ0v) is 8.29. The summed E-state index contributed by atoms with van der Waals surface area (Å²) in [6.45, 7) is 3.02. The SMILES string of the molecule is COC(=O)c1nc(C)oc1CC(C)=O. The van der Waals surface area contributed by atoms with Crippen LogP contribution in [0.2, 0.25) is 0 Å². The summed E-state index contributed by atoms with van der Waals surface area (Å²) in [5.74, 6) is -0.0621. The molecule has 0 aliphatic carbocycles. The van der Waals surface area contributed by atoms with Crippen LogP contribution in [0.3, 0.4) is 0 Å². The van der Waals surface area contributed by atoms with Crippen LogP contribution in [-0.4, -0.2) is 23.8 Å². The normalized spacial score (nSPS) is 9.93.